The summed E-state index contributed by atoms with van der Waals surface area (Å²) in [7, 11) is 0. The Hall–Kier alpha value is -1.00. The average molecular weight is 292 g/mol. The van der Waals surface area contributed by atoms with E-state index < -0.39 is 0 Å². The van der Waals surface area contributed by atoms with Gasteiger partial charge in [0.2, 0.25) is 5.91 Å². The van der Waals surface area contributed by atoms with Crippen molar-refractivity contribution in [1.82, 2.24) is 5.32 Å². The standard InChI is InChI=1S/C16H24N2OS/c1-3-8-16(9-11-17-12-10-16)15(19)18-13-6-4-5-7-14(13)20-2/h4-7,17H,3,8-12H2,1-2H3,(H,18,19). The van der Waals surface area contributed by atoms with Crippen LogP contribution < -0.4 is 10.6 Å². The number of amides is 1. The third kappa shape index (κ3) is 3.36. The highest BCUT2D eigenvalue weighted by Gasteiger charge is 2.38. The minimum atomic E-state index is -0.189. The van der Waals surface area contributed by atoms with E-state index in [1.54, 1.807) is 11.8 Å². The second-order valence-electron chi connectivity index (χ2n) is 5.43. The van der Waals surface area contributed by atoms with Crippen LogP contribution in [0.2, 0.25) is 0 Å². The summed E-state index contributed by atoms with van der Waals surface area (Å²) in [4.78, 5) is 13.9. The van der Waals surface area contributed by atoms with Gasteiger partial charge in [0.1, 0.15) is 0 Å². The highest BCUT2D eigenvalue weighted by molar-refractivity contribution is 7.98. The van der Waals surface area contributed by atoms with Gasteiger partial charge in [-0.2, -0.15) is 0 Å². The van der Waals surface area contributed by atoms with Crippen LogP contribution in [-0.4, -0.2) is 25.3 Å². The summed E-state index contributed by atoms with van der Waals surface area (Å²) in [6.45, 7) is 4.04. The molecule has 0 radical (unpaired) electrons. The van der Waals surface area contributed by atoms with Crippen molar-refractivity contribution in [3.8, 4) is 0 Å². The lowest BCUT2D eigenvalue weighted by Crippen LogP contribution is -2.44. The number of carbonyl (C=O) groups excluding carboxylic acids is 1. The van der Waals surface area contributed by atoms with Gasteiger partial charge in [0.05, 0.1) is 11.1 Å². The first-order valence-electron chi connectivity index (χ1n) is 7.37. The highest BCUT2D eigenvalue weighted by atomic mass is 32.2. The van der Waals surface area contributed by atoms with Gasteiger partial charge in [-0.15, -0.1) is 11.8 Å². The molecule has 1 aliphatic rings. The molecule has 4 heteroatoms. The number of nitrogens with one attached hydrogen (secondary N) is 2. The molecular formula is C16H24N2OS. The van der Waals surface area contributed by atoms with Crippen molar-refractivity contribution in [2.45, 2.75) is 37.5 Å². The Balaban J connectivity index is 2.16. The van der Waals surface area contributed by atoms with E-state index in [1.165, 1.54) is 0 Å². The summed E-state index contributed by atoms with van der Waals surface area (Å²) in [6, 6.07) is 8.03. The normalized spacial score (nSPS) is 17.7. The van der Waals surface area contributed by atoms with Gasteiger partial charge < -0.3 is 10.6 Å². The van der Waals surface area contributed by atoms with Gasteiger partial charge in [0.15, 0.2) is 0 Å². The second kappa shape index (κ2) is 7.14. The van der Waals surface area contributed by atoms with Crippen LogP contribution in [-0.2, 0) is 4.79 Å². The molecule has 1 fully saturated rings. The van der Waals surface area contributed by atoms with Crippen LogP contribution in [0.4, 0.5) is 5.69 Å². The molecule has 2 rings (SSSR count). The van der Waals surface area contributed by atoms with Crippen LogP contribution in [0.1, 0.15) is 32.6 Å². The maximum atomic E-state index is 12.8. The molecule has 20 heavy (non-hydrogen) atoms. The number of carbonyl (C=O) groups is 1. The Morgan fingerprint density at radius 1 is 1.35 bits per heavy atom. The first-order valence-corrected chi connectivity index (χ1v) is 8.59. The van der Waals surface area contributed by atoms with Crippen molar-refractivity contribution in [2.75, 3.05) is 24.7 Å². The predicted octanol–water partition coefficient (Wildman–Crippen LogP) is 3.52. The van der Waals surface area contributed by atoms with E-state index in [4.69, 9.17) is 0 Å². The van der Waals surface area contributed by atoms with E-state index in [9.17, 15) is 4.79 Å². The quantitative estimate of drug-likeness (QED) is 0.816. The van der Waals surface area contributed by atoms with Gasteiger partial charge in [-0.05, 0) is 50.7 Å². The summed E-state index contributed by atoms with van der Waals surface area (Å²) < 4.78 is 0. The molecule has 1 saturated heterocycles. The zero-order valence-corrected chi connectivity index (χ0v) is 13.2. The second-order valence-corrected chi connectivity index (χ2v) is 6.28. The molecule has 1 amide bonds. The summed E-state index contributed by atoms with van der Waals surface area (Å²) in [5.74, 6) is 0.197. The molecule has 0 aromatic heterocycles. The molecular weight excluding hydrogens is 268 g/mol. The summed E-state index contributed by atoms with van der Waals surface area (Å²) in [5, 5.41) is 6.52. The number of benzene rings is 1. The molecule has 1 aliphatic heterocycles. The predicted molar refractivity (Wildman–Crippen MR) is 86.3 cm³/mol. The van der Waals surface area contributed by atoms with E-state index in [0.29, 0.717) is 0 Å². The van der Waals surface area contributed by atoms with Gasteiger partial charge in [-0.25, -0.2) is 0 Å². The Morgan fingerprint density at radius 2 is 2.05 bits per heavy atom. The zero-order chi connectivity index (χ0) is 14.4. The molecule has 0 spiro atoms. The number of hydrogen-bond donors (Lipinski definition) is 2. The number of anilines is 1. The lowest BCUT2D eigenvalue weighted by Gasteiger charge is -2.36. The fraction of sp³-hybridized carbons (Fsp3) is 0.562. The Morgan fingerprint density at radius 3 is 2.70 bits per heavy atom. The molecule has 0 unspecified atom stereocenters. The molecule has 0 bridgehead atoms. The van der Waals surface area contributed by atoms with Crippen molar-refractivity contribution in [2.24, 2.45) is 5.41 Å². The molecule has 1 aromatic carbocycles. The highest BCUT2D eigenvalue weighted by Crippen LogP contribution is 2.36. The lowest BCUT2D eigenvalue weighted by molar-refractivity contribution is -0.127. The van der Waals surface area contributed by atoms with E-state index in [1.807, 2.05) is 24.5 Å². The first-order chi connectivity index (χ1) is 9.72. The largest absolute Gasteiger partial charge is 0.325 e. The molecule has 0 atom stereocenters. The van der Waals surface area contributed by atoms with Crippen molar-refractivity contribution >= 4 is 23.4 Å². The average Bonchev–Trinajstić information content (AvgIpc) is 2.49. The van der Waals surface area contributed by atoms with E-state index >= 15 is 0 Å². The van der Waals surface area contributed by atoms with Gasteiger partial charge in [0, 0.05) is 4.90 Å². The van der Waals surface area contributed by atoms with Crippen molar-refractivity contribution < 1.29 is 4.79 Å². The summed E-state index contributed by atoms with van der Waals surface area (Å²) in [6.07, 6.45) is 5.94. The number of hydrogen-bond acceptors (Lipinski definition) is 3. The van der Waals surface area contributed by atoms with Gasteiger partial charge in [-0.3, -0.25) is 4.79 Å². The lowest BCUT2D eigenvalue weighted by atomic mass is 9.74. The summed E-state index contributed by atoms with van der Waals surface area (Å²) >= 11 is 1.67. The van der Waals surface area contributed by atoms with Crippen LogP contribution >= 0.6 is 11.8 Å². The Kier molecular flexibility index (Phi) is 5.49. The van der Waals surface area contributed by atoms with Crippen molar-refractivity contribution in [3.63, 3.8) is 0 Å². The van der Waals surface area contributed by atoms with E-state index in [-0.39, 0.29) is 11.3 Å². The van der Waals surface area contributed by atoms with Gasteiger partial charge in [0.25, 0.3) is 0 Å². The topological polar surface area (TPSA) is 41.1 Å². The number of thioether (sulfide) groups is 1. The molecule has 3 nitrogen and oxygen atoms in total. The minimum Gasteiger partial charge on any atom is -0.325 e. The smallest absolute Gasteiger partial charge is 0.230 e. The van der Waals surface area contributed by atoms with Gasteiger partial charge >= 0.3 is 0 Å². The van der Waals surface area contributed by atoms with Crippen molar-refractivity contribution in [1.29, 1.82) is 0 Å². The molecule has 2 N–H and O–H groups in total. The van der Waals surface area contributed by atoms with Crippen molar-refractivity contribution in [3.05, 3.63) is 24.3 Å². The number of piperidine rings is 1. The SMILES string of the molecule is CCCC1(C(=O)Nc2ccccc2SC)CCNCC1. The number of rotatable bonds is 5. The monoisotopic (exact) mass is 292 g/mol. The maximum Gasteiger partial charge on any atom is 0.230 e. The van der Waals surface area contributed by atoms with Crippen LogP contribution in [0.25, 0.3) is 0 Å². The molecule has 110 valence electrons. The van der Waals surface area contributed by atoms with Crippen LogP contribution in [0.5, 0.6) is 0 Å². The molecule has 0 saturated carbocycles. The molecule has 0 aliphatic carbocycles. The Bertz CT molecular complexity index is 450. The maximum absolute atomic E-state index is 12.8. The van der Waals surface area contributed by atoms with E-state index in [0.717, 1.165) is 49.4 Å². The zero-order valence-electron chi connectivity index (χ0n) is 12.4. The minimum absolute atomic E-state index is 0.189. The summed E-state index contributed by atoms with van der Waals surface area (Å²) in [5.41, 5.74) is 0.755. The molecule has 1 aromatic rings. The fourth-order valence-electron chi connectivity index (χ4n) is 2.98. The first kappa shape index (κ1) is 15.4. The fourth-order valence-corrected chi connectivity index (χ4v) is 3.53. The third-order valence-corrected chi connectivity index (χ3v) is 4.92. The van der Waals surface area contributed by atoms with Crippen LogP contribution in [0.15, 0.2) is 29.2 Å². The van der Waals surface area contributed by atoms with Crippen LogP contribution in [0.3, 0.4) is 0 Å². The molecule has 1 heterocycles. The van der Waals surface area contributed by atoms with Crippen LogP contribution in [0, 0.1) is 5.41 Å². The Labute approximate surface area is 125 Å². The number of para-hydroxylation sites is 1. The van der Waals surface area contributed by atoms with Gasteiger partial charge in [-0.1, -0.05) is 25.5 Å². The third-order valence-electron chi connectivity index (χ3n) is 4.13. The van der Waals surface area contributed by atoms with E-state index in [2.05, 4.69) is 23.6 Å².